The van der Waals surface area contributed by atoms with Gasteiger partial charge in [0.1, 0.15) is 0 Å². The van der Waals surface area contributed by atoms with Crippen molar-refractivity contribution in [3.63, 3.8) is 0 Å². The fourth-order valence-corrected chi connectivity index (χ4v) is 2.43. The summed E-state index contributed by atoms with van der Waals surface area (Å²) in [6.45, 7) is 5.31. The summed E-state index contributed by atoms with van der Waals surface area (Å²) >= 11 is 0. The summed E-state index contributed by atoms with van der Waals surface area (Å²) in [6, 6.07) is 3.46. The molecule has 0 amide bonds. The Kier molecular flexibility index (Phi) is 3.66. The van der Waals surface area contributed by atoms with Gasteiger partial charge in [-0.1, -0.05) is 0 Å². The summed E-state index contributed by atoms with van der Waals surface area (Å²) in [7, 11) is 0. The van der Waals surface area contributed by atoms with E-state index in [-0.39, 0.29) is 11.1 Å². The monoisotopic (exact) mass is 264 g/mol. The fourth-order valence-electron chi connectivity index (χ4n) is 2.43. The molecule has 1 fully saturated rings. The van der Waals surface area contributed by atoms with Gasteiger partial charge >= 0.3 is 5.97 Å². The van der Waals surface area contributed by atoms with Gasteiger partial charge in [0, 0.05) is 18.0 Å². The van der Waals surface area contributed by atoms with Crippen molar-refractivity contribution in [2.75, 3.05) is 24.3 Å². The number of carboxylic acid groups (broad SMARTS) is 1. The van der Waals surface area contributed by atoms with E-state index in [0.29, 0.717) is 12.3 Å². The number of ether oxygens (including phenoxy) is 1. The molecule has 0 radical (unpaired) electrons. The van der Waals surface area contributed by atoms with Crippen LogP contribution in [0.3, 0.4) is 0 Å². The highest BCUT2D eigenvalue weighted by Crippen LogP contribution is 2.28. The number of aryl methyl sites for hydroxylation is 1. The van der Waals surface area contributed by atoms with Crippen LogP contribution in [-0.4, -0.2) is 29.8 Å². The third-order valence-corrected chi connectivity index (χ3v) is 3.50. The van der Waals surface area contributed by atoms with Gasteiger partial charge in [0.2, 0.25) is 0 Å². The number of nitrogens with one attached hydrogen (secondary N) is 1. The van der Waals surface area contributed by atoms with Crippen molar-refractivity contribution in [1.82, 2.24) is 0 Å². The third kappa shape index (κ3) is 2.98. The highest BCUT2D eigenvalue weighted by Gasteiger charge is 2.27. The normalized spacial score (nSPS) is 23.1. The van der Waals surface area contributed by atoms with E-state index in [1.807, 2.05) is 13.0 Å². The van der Waals surface area contributed by atoms with Crippen molar-refractivity contribution in [3.8, 4) is 0 Å². The molecule has 1 saturated heterocycles. The highest BCUT2D eigenvalue weighted by atomic mass is 16.5. The molecular weight excluding hydrogens is 244 g/mol. The van der Waals surface area contributed by atoms with Crippen LogP contribution in [0.2, 0.25) is 0 Å². The minimum atomic E-state index is -1.01. The summed E-state index contributed by atoms with van der Waals surface area (Å²) in [6.07, 6.45) is 2.00. The number of benzene rings is 1. The van der Waals surface area contributed by atoms with Crippen LogP contribution in [0, 0.1) is 6.92 Å². The van der Waals surface area contributed by atoms with E-state index in [1.165, 1.54) is 0 Å². The van der Waals surface area contributed by atoms with E-state index in [9.17, 15) is 4.79 Å². The Morgan fingerprint density at radius 2 is 2.26 bits per heavy atom. The van der Waals surface area contributed by atoms with E-state index in [1.54, 1.807) is 6.07 Å². The zero-order valence-electron chi connectivity index (χ0n) is 11.3. The number of nitrogen functional groups attached to an aromatic ring is 1. The molecule has 1 unspecified atom stereocenters. The van der Waals surface area contributed by atoms with E-state index in [2.05, 4.69) is 12.2 Å². The number of anilines is 2. The molecule has 5 heteroatoms. The molecule has 1 aliphatic rings. The SMILES string of the molecule is Cc1cc(NC2(C)CCCOC2)cc(C(=O)O)c1N. The maximum Gasteiger partial charge on any atom is 0.337 e. The molecule has 1 atom stereocenters. The lowest BCUT2D eigenvalue weighted by atomic mass is 9.94. The molecule has 0 bridgehead atoms. The van der Waals surface area contributed by atoms with Crippen LogP contribution in [0.5, 0.6) is 0 Å². The molecule has 19 heavy (non-hydrogen) atoms. The molecular formula is C14H20N2O3. The van der Waals surface area contributed by atoms with Crippen molar-refractivity contribution in [2.45, 2.75) is 32.2 Å². The van der Waals surface area contributed by atoms with Crippen LogP contribution in [0.15, 0.2) is 12.1 Å². The Hall–Kier alpha value is -1.75. The molecule has 1 aliphatic heterocycles. The molecule has 0 saturated carbocycles. The second kappa shape index (κ2) is 5.09. The molecule has 5 nitrogen and oxygen atoms in total. The van der Waals surface area contributed by atoms with Gasteiger partial charge in [-0.2, -0.15) is 0 Å². The molecule has 0 aromatic heterocycles. The molecule has 4 N–H and O–H groups in total. The number of rotatable bonds is 3. The minimum Gasteiger partial charge on any atom is -0.478 e. The van der Waals surface area contributed by atoms with Crippen molar-refractivity contribution in [3.05, 3.63) is 23.3 Å². The highest BCUT2D eigenvalue weighted by molar-refractivity contribution is 5.95. The first-order valence-corrected chi connectivity index (χ1v) is 6.41. The van der Waals surface area contributed by atoms with E-state index in [4.69, 9.17) is 15.6 Å². The Balaban J connectivity index is 2.27. The quantitative estimate of drug-likeness (QED) is 0.729. The van der Waals surface area contributed by atoms with Crippen molar-refractivity contribution in [2.24, 2.45) is 0 Å². The molecule has 2 rings (SSSR count). The second-order valence-corrected chi connectivity index (χ2v) is 5.40. The van der Waals surface area contributed by atoms with Gasteiger partial charge in [-0.05, 0) is 44.4 Å². The van der Waals surface area contributed by atoms with Gasteiger partial charge in [0.25, 0.3) is 0 Å². The van der Waals surface area contributed by atoms with Crippen LogP contribution >= 0.6 is 0 Å². The zero-order chi connectivity index (χ0) is 14.0. The predicted octanol–water partition coefficient (Wildman–Crippen LogP) is 2.26. The topological polar surface area (TPSA) is 84.6 Å². The number of aromatic carboxylic acids is 1. The zero-order valence-corrected chi connectivity index (χ0v) is 11.3. The summed E-state index contributed by atoms with van der Waals surface area (Å²) in [5.74, 6) is -1.01. The Morgan fingerprint density at radius 3 is 2.84 bits per heavy atom. The first-order valence-electron chi connectivity index (χ1n) is 6.41. The first kappa shape index (κ1) is 13.7. The molecule has 0 spiro atoms. The van der Waals surface area contributed by atoms with Crippen LogP contribution < -0.4 is 11.1 Å². The number of nitrogens with two attached hydrogens (primary N) is 1. The molecule has 1 heterocycles. The number of hydrogen-bond acceptors (Lipinski definition) is 4. The first-order chi connectivity index (χ1) is 8.91. The minimum absolute atomic E-state index is 0.142. The lowest BCUT2D eigenvalue weighted by molar-refractivity contribution is 0.0540. The summed E-state index contributed by atoms with van der Waals surface area (Å²) < 4.78 is 5.49. The number of carboxylic acids is 1. The van der Waals surface area contributed by atoms with Gasteiger partial charge in [-0.25, -0.2) is 4.79 Å². The second-order valence-electron chi connectivity index (χ2n) is 5.40. The van der Waals surface area contributed by atoms with Gasteiger partial charge < -0.3 is 20.9 Å². The predicted molar refractivity (Wildman–Crippen MR) is 74.6 cm³/mol. The van der Waals surface area contributed by atoms with Crippen molar-refractivity contribution in [1.29, 1.82) is 0 Å². The fraction of sp³-hybridized carbons (Fsp3) is 0.500. The van der Waals surface area contributed by atoms with Gasteiger partial charge in [-0.3, -0.25) is 0 Å². The lowest BCUT2D eigenvalue weighted by Crippen LogP contribution is -2.43. The third-order valence-electron chi connectivity index (χ3n) is 3.50. The van der Waals surface area contributed by atoms with Gasteiger partial charge in [0.15, 0.2) is 0 Å². The Bertz CT molecular complexity index is 494. The van der Waals surface area contributed by atoms with Crippen molar-refractivity contribution < 1.29 is 14.6 Å². The van der Waals surface area contributed by atoms with Crippen LogP contribution in [-0.2, 0) is 4.74 Å². The Morgan fingerprint density at radius 1 is 1.53 bits per heavy atom. The molecule has 1 aromatic rings. The average molecular weight is 264 g/mol. The average Bonchev–Trinajstić information content (AvgIpc) is 2.33. The Labute approximate surface area is 112 Å². The van der Waals surface area contributed by atoms with Gasteiger partial charge in [0.05, 0.1) is 17.7 Å². The maximum absolute atomic E-state index is 11.2. The van der Waals surface area contributed by atoms with Gasteiger partial charge in [-0.15, -0.1) is 0 Å². The number of carbonyl (C=O) groups is 1. The van der Waals surface area contributed by atoms with Crippen LogP contribution in [0.25, 0.3) is 0 Å². The summed E-state index contributed by atoms with van der Waals surface area (Å²) in [5.41, 5.74) is 7.63. The smallest absolute Gasteiger partial charge is 0.337 e. The van der Waals surface area contributed by atoms with E-state index in [0.717, 1.165) is 30.7 Å². The van der Waals surface area contributed by atoms with Crippen LogP contribution in [0.1, 0.15) is 35.7 Å². The van der Waals surface area contributed by atoms with E-state index < -0.39 is 5.97 Å². The van der Waals surface area contributed by atoms with Crippen molar-refractivity contribution >= 4 is 17.3 Å². The molecule has 1 aromatic carbocycles. The standard InChI is InChI=1S/C14H20N2O3/c1-9-6-10(7-11(12(9)15)13(17)18)16-14(2)4-3-5-19-8-14/h6-7,16H,3-5,8,15H2,1-2H3,(H,17,18). The van der Waals surface area contributed by atoms with Crippen LogP contribution in [0.4, 0.5) is 11.4 Å². The molecule has 104 valence electrons. The molecule has 0 aliphatic carbocycles. The summed E-state index contributed by atoms with van der Waals surface area (Å²) in [4.78, 5) is 11.2. The summed E-state index contributed by atoms with van der Waals surface area (Å²) in [5, 5.41) is 12.5. The number of hydrogen-bond donors (Lipinski definition) is 3. The lowest BCUT2D eigenvalue weighted by Gasteiger charge is -2.35. The largest absolute Gasteiger partial charge is 0.478 e. The van der Waals surface area contributed by atoms with E-state index >= 15 is 0 Å². The maximum atomic E-state index is 11.2.